The molecule has 0 aromatic heterocycles. The molecule has 0 unspecified atom stereocenters. The molecule has 0 spiro atoms. The van der Waals surface area contributed by atoms with E-state index in [0.29, 0.717) is 36.1 Å². The first-order valence-corrected chi connectivity index (χ1v) is 8.90. The van der Waals surface area contributed by atoms with E-state index in [-0.39, 0.29) is 18.1 Å². The third-order valence-electron chi connectivity index (χ3n) is 3.68. The van der Waals surface area contributed by atoms with Crippen LogP contribution in [0.25, 0.3) is 0 Å². The fourth-order valence-electron chi connectivity index (χ4n) is 2.33. The third-order valence-corrected chi connectivity index (χ3v) is 3.93. The molecule has 0 aliphatic heterocycles. The summed E-state index contributed by atoms with van der Waals surface area (Å²) in [5, 5.41) is 3.37. The van der Waals surface area contributed by atoms with Gasteiger partial charge in [-0.15, -0.1) is 0 Å². The van der Waals surface area contributed by atoms with Gasteiger partial charge in [0.15, 0.2) is 18.1 Å². The fraction of sp³-hybridized carbons (Fsp3) is 0.300. The standard InChI is InChI=1S/C20H22ClNO5/c1-3-26-17-9-6-15(12-18(17)25-2)20(24)27-13-19(23)22-11-10-14-4-7-16(21)8-5-14/h4-9,12H,3,10-11,13H2,1-2H3,(H,22,23). The summed E-state index contributed by atoms with van der Waals surface area (Å²) in [5.74, 6) is -0.00498. The van der Waals surface area contributed by atoms with Crippen molar-refractivity contribution in [2.45, 2.75) is 13.3 Å². The molecule has 2 aromatic rings. The zero-order valence-corrected chi connectivity index (χ0v) is 16.0. The lowest BCUT2D eigenvalue weighted by atomic mass is 10.1. The number of methoxy groups -OCH3 is 1. The molecule has 1 N–H and O–H groups in total. The van der Waals surface area contributed by atoms with E-state index in [1.165, 1.54) is 13.2 Å². The highest BCUT2D eigenvalue weighted by Gasteiger charge is 2.13. The van der Waals surface area contributed by atoms with Gasteiger partial charge in [-0.05, 0) is 49.2 Å². The topological polar surface area (TPSA) is 73.9 Å². The zero-order chi connectivity index (χ0) is 19.6. The van der Waals surface area contributed by atoms with Crippen LogP contribution in [0.4, 0.5) is 0 Å². The van der Waals surface area contributed by atoms with Crippen molar-refractivity contribution in [3.8, 4) is 11.5 Å². The van der Waals surface area contributed by atoms with Crippen molar-refractivity contribution in [1.29, 1.82) is 0 Å². The smallest absolute Gasteiger partial charge is 0.338 e. The summed E-state index contributed by atoms with van der Waals surface area (Å²) < 4.78 is 15.6. The summed E-state index contributed by atoms with van der Waals surface area (Å²) in [6.45, 7) is 2.42. The predicted octanol–water partition coefficient (Wildman–Crippen LogP) is 3.26. The Labute approximate surface area is 163 Å². The van der Waals surface area contributed by atoms with Crippen LogP contribution in [0.3, 0.4) is 0 Å². The van der Waals surface area contributed by atoms with Gasteiger partial charge < -0.3 is 19.5 Å². The number of carbonyl (C=O) groups excluding carboxylic acids is 2. The van der Waals surface area contributed by atoms with Gasteiger partial charge in [0.05, 0.1) is 19.3 Å². The fourth-order valence-corrected chi connectivity index (χ4v) is 2.46. The predicted molar refractivity (Wildman–Crippen MR) is 103 cm³/mol. The molecule has 7 heteroatoms. The van der Waals surface area contributed by atoms with Crippen molar-refractivity contribution in [3.63, 3.8) is 0 Å². The Morgan fingerprint density at radius 1 is 1.07 bits per heavy atom. The Balaban J connectivity index is 1.78. The molecule has 6 nitrogen and oxygen atoms in total. The van der Waals surface area contributed by atoms with E-state index in [2.05, 4.69) is 5.32 Å². The molecule has 0 atom stereocenters. The Kier molecular flexibility index (Phi) is 7.95. The number of benzene rings is 2. The number of hydrogen-bond donors (Lipinski definition) is 1. The highest BCUT2D eigenvalue weighted by molar-refractivity contribution is 6.30. The minimum atomic E-state index is -0.607. The number of rotatable bonds is 9. The Hall–Kier alpha value is -2.73. The maximum Gasteiger partial charge on any atom is 0.338 e. The molecule has 0 radical (unpaired) electrons. The SMILES string of the molecule is CCOc1ccc(C(=O)OCC(=O)NCCc2ccc(Cl)cc2)cc1OC. The van der Waals surface area contributed by atoms with E-state index in [4.69, 9.17) is 25.8 Å². The van der Waals surface area contributed by atoms with Crippen LogP contribution < -0.4 is 14.8 Å². The van der Waals surface area contributed by atoms with Crippen molar-refractivity contribution in [1.82, 2.24) is 5.32 Å². The quantitative estimate of drug-likeness (QED) is 0.664. The first kappa shape index (κ1) is 20.6. The van der Waals surface area contributed by atoms with Gasteiger partial charge in [-0.25, -0.2) is 4.79 Å². The van der Waals surface area contributed by atoms with Gasteiger partial charge in [0.1, 0.15) is 0 Å². The molecule has 0 aliphatic carbocycles. The van der Waals surface area contributed by atoms with Crippen LogP contribution in [0.1, 0.15) is 22.8 Å². The number of halogens is 1. The number of esters is 1. The van der Waals surface area contributed by atoms with Gasteiger partial charge in [0.25, 0.3) is 5.91 Å². The third kappa shape index (κ3) is 6.49. The monoisotopic (exact) mass is 391 g/mol. The minimum Gasteiger partial charge on any atom is -0.493 e. The van der Waals surface area contributed by atoms with E-state index in [1.54, 1.807) is 24.3 Å². The number of amides is 1. The van der Waals surface area contributed by atoms with E-state index in [9.17, 15) is 9.59 Å². The van der Waals surface area contributed by atoms with Crippen LogP contribution in [-0.2, 0) is 16.0 Å². The Bertz CT molecular complexity index is 776. The highest BCUT2D eigenvalue weighted by atomic mass is 35.5. The highest BCUT2D eigenvalue weighted by Crippen LogP contribution is 2.28. The van der Waals surface area contributed by atoms with E-state index < -0.39 is 5.97 Å². The molecule has 1 amide bonds. The first-order chi connectivity index (χ1) is 13.0. The lowest BCUT2D eigenvalue weighted by molar-refractivity contribution is -0.124. The van der Waals surface area contributed by atoms with Crippen LogP contribution in [0.2, 0.25) is 5.02 Å². The van der Waals surface area contributed by atoms with E-state index in [0.717, 1.165) is 5.56 Å². The van der Waals surface area contributed by atoms with Gasteiger partial charge in [0, 0.05) is 11.6 Å². The zero-order valence-electron chi connectivity index (χ0n) is 15.3. The number of carbonyl (C=O) groups is 2. The number of nitrogens with one attached hydrogen (secondary N) is 1. The largest absolute Gasteiger partial charge is 0.493 e. The van der Waals surface area contributed by atoms with Crippen LogP contribution in [0.5, 0.6) is 11.5 Å². The molecule has 0 fully saturated rings. The van der Waals surface area contributed by atoms with Crippen LogP contribution in [0.15, 0.2) is 42.5 Å². The summed E-state index contributed by atoms with van der Waals surface area (Å²) in [4.78, 5) is 23.9. The van der Waals surface area contributed by atoms with Crippen LogP contribution >= 0.6 is 11.6 Å². The van der Waals surface area contributed by atoms with Gasteiger partial charge in [-0.3, -0.25) is 4.79 Å². The van der Waals surface area contributed by atoms with E-state index >= 15 is 0 Å². The normalized spacial score (nSPS) is 10.2. The Morgan fingerprint density at radius 3 is 2.48 bits per heavy atom. The molecule has 27 heavy (non-hydrogen) atoms. The molecular weight excluding hydrogens is 370 g/mol. The molecule has 2 rings (SSSR count). The summed E-state index contributed by atoms with van der Waals surface area (Å²) in [5.41, 5.74) is 1.34. The van der Waals surface area contributed by atoms with Crippen molar-refractivity contribution in [2.24, 2.45) is 0 Å². The molecule has 0 saturated heterocycles. The average molecular weight is 392 g/mol. The summed E-state index contributed by atoms with van der Waals surface area (Å²) in [6, 6.07) is 12.1. The molecule has 2 aromatic carbocycles. The maximum atomic E-state index is 12.1. The molecule has 0 heterocycles. The summed E-state index contributed by atoms with van der Waals surface area (Å²) >= 11 is 5.83. The minimum absolute atomic E-state index is 0.282. The molecule has 0 saturated carbocycles. The van der Waals surface area contributed by atoms with Crippen molar-refractivity contribution in [2.75, 3.05) is 26.9 Å². The maximum absolute atomic E-state index is 12.1. The Morgan fingerprint density at radius 2 is 1.81 bits per heavy atom. The van der Waals surface area contributed by atoms with Gasteiger partial charge in [0.2, 0.25) is 0 Å². The molecule has 0 aliphatic rings. The van der Waals surface area contributed by atoms with Crippen molar-refractivity contribution < 1.29 is 23.8 Å². The second-order valence-corrected chi connectivity index (χ2v) is 6.04. The average Bonchev–Trinajstić information content (AvgIpc) is 2.68. The molecule has 0 bridgehead atoms. The summed E-state index contributed by atoms with van der Waals surface area (Å²) in [6.07, 6.45) is 0.660. The lowest BCUT2D eigenvalue weighted by Crippen LogP contribution is -2.30. The van der Waals surface area contributed by atoms with Gasteiger partial charge >= 0.3 is 5.97 Å². The van der Waals surface area contributed by atoms with Crippen LogP contribution in [0, 0.1) is 0 Å². The number of ether oxygens (including phenoxy) is 3. The first-order valence-electron chi connectivity index (χ1n) is 8.52. The molecule has 144 valence electrons. The number of hydrogen-bond acceptors (Lipinski definition) is 5. The lowest BCUT2D eigenvalue weighted by Gasteiger charge is -2.11. The second kappa shape index (κ2) is 10.4. The van der Waals surface area contributed by atoms with Crippen molar-refractivity contribution >= 4 is 23.5 Å². The summed E-state index contributed by atoms with van der Waals surface area (Å²) in [7, 11) is 1.49. The van der Waals surface area contributed by atoms with Gasteiger partial charge in [-0.1, -0.05) is 23.7 Å². The van der Waals surface area contributed by atoms with Gasteiger partial charge in [-0.2, -0.15) is 0 Å². The molecular formula is C20H22ClNO5. The second-order valence-electron chi connectivity index (χ2n) is 5.60. The van der Waals surface area contributed by atoms with E-state index in [1.807, 2.05) is 19.1 Å². The van der Waals surface area contributed by atoms with Crippen LogP contribution in [-0.4, -0.2) is 38.7 Å². The van der Waals surface area contributed by atoms with Crippen molar-refractivity contribution in [3.05, 3.63) is 58.6 Å².